The predicted molar refractivity (Wildman–Crippen MR) is 65.9 cm³/mol. The number of hydrogen-bond acceptors (Lipinski definition) is 4. The summed E-state index contributed by atoms with van der Waals surface area (Å²) in [5, 5.41) is 0. The van der Waals surface area contributed by atoms with E-state index in [1.54, 1.807) is 10.8 Å². The highest BCUT2D eigenvalue weighted by atomic mass is 19.3. The third-order valence-corrected chi connectivity index (χ3v) is 2.53. The molecule has 0 saturated heterocycles. The molecule has 0 saturated carbocycles. The van der Waals surface area contributed by atoms with Crippen molar-refractivity contribution in [3.8, 4) is 17.2 Å². The minimum absolute atomic E-state index is 0.0256. The van der Waals surface area contributed by atoms with Crippen LogP contribution in [0.15, 0.2) is 24.7 Å². The Labute approximate surface area is 108 Å². The molecule has 7 heteroatoms. The van der Waals surface area contributed by atoms with Gasteiger partial charge in [-0.25, -0.2) is 4.98 Å². The number of nitrogen functional groups attached to an aromatic ring is 1. The summed E-state index contributed by atoms with van der Waals surface area (Å²) >= 11 is 0. The van der Waals surface area contributed by atoms with Crippen molar-refractivity contribution in [1.82, 2.24) is 9.55 Å². The zero-order chi connectivity index (χ0) is 14.0. The number of nitrogens with zero attached hydrogens (tertiary/aromatic N) is 2. The van der Waals surface area contributed by atoms with Crippen LogP contribution in [-0.4, -0.2) is 23.3 Å². The molecule has 19 heavy (non-hydrogen) atoms. The molecule has 102 valence electrons. The summed E-state index contributed by atoms with van der Waals surface area (Å²) in [5.74, 6) is 0.238. The summed E-state index contributed by atoms with van der Waals surface area (Å²) in [7, 11) is 1.40. The van der Waals surface area contributed by atoms with Gasteiger partial charge in [-0.3, -0.25) is 0 Å². The van der Waals surface area contributed by atoms with Crippen LogP contribution < -0.4 is 15.2 Å². The summed E-state index contributed by atoms with van der Waals surface area (Å²) in [6.07, 6.45) is 3.25. The highest BCUT2D eigenvalue weighted by Gasteiger charge is 2.14. The lowest BCUT2D eigenvalue weighted by Crippen LogP contribution is -2.05. The maximum atomic E-state index is 12.3. The first-order chi connectivity index (χ1) is 9.01. The normalized spacial score (nSPS) is 10.8. The van der Waals surface area contributed by atoms with E-state index in [9.17, 15) is 8.78 Å². The number of halogens is 2. The molecule has 5 nitrogen and oxygen atoms in total. The van der Waals surface area contributed by atoms with Crippen molar-refractivity contribution < 1.29 is 18.3 Å². The summed E-state index contributed by atoms with van der Waals surface area (Å²) in [6.45, 7) is -1.10. The van der Waals surface area contributed by atoms with Gasteiger partial charge in [-0.15, -0.1) is 0 Å². The van der Waals surface area contributed by atoms with Gasteiger partial charge in [0.05, 0.1) is 30.5 Å². The molecule has 1 aromatic heterocycles. The van der Waals surface area contributed by atoms with E-state index in [1.165, 1.54) is 25.6 Å². The van der Waals surface area contributed by atoms with Crippen LogP contribution in [0.1, 0.15) is 5.69 Å². The number of imidazole rings is 1. The maximum absolute atomic E-state index is 12.3. The number of methoxy groups -OCH3 is 1. The Bertz CT molecular complexity index is 584. The fourth-order valence-corrected chi connectivity index (χ4v) is 1.69. The van der Waals surface area contributed by atoms with Crippen molar-refractivity contribution in [3.63, 3.8) is 0 Å². The molecular weight excluding hydrogens is 256 g/mol. The zero-order valence-corrected chi connectivity index (χ0v) is 10.4. The van der Waals surface area contributed by atoms with Crippen molar-refractivity contribution in [1.29, 1.82) is 0 Å². The van der Waals surface area contributed by atoms with Gasteiger partial charge in [-0.05, 0) is 6.92 Å². The first-order valence-electron chi connectivity index (χ1n) is 5.44. The number of nitrogens with two attached hydrogens (primary N) is 1. The van der Waals surface area contributed by atoms with Gasteiger partial charge in [-0.1, -0.05) is 0 Å². The molecule has 0 radical (unpaired) electrons. The van der Waals surface area contributed by atoms with Crippen molar-refractivity contribution in [2.45, 2.75) is 13.5 Å². The van der Waals surface area contributed by atoms with Crippen LogP contribution in [-0.2, 0) is 0 Å². The van der Waals surface area contributed by atoms with Crippen LogP contribution in [0.25, 0.3) is 5.69 Å². The third kappa shape index (κ3) is 2.75. The standard InChI is InChI=1S/C12H13F2N3O2/c1-7-5-17(6-16-7)9-3-8(19-12(13)14)4-10(18-2)11(9)15/h3-6,12H,15H2,1-2H3. The summed E-state index contributed by atoms with van der Waals surface area (Å²) in [4.78, 5) is 4.06. The van der Waals surface area contributed by atoms with Gasteiger partial charge in [0.15, 0.2) is 0 Å². The molecule has 2 N–H and O–H groups in total. The lowest BCUT2D eigenvalue weighted by Gasteiger charge is -2.14. The van der Waals surface area contributed by atoms with Crippen LogP contribution in [0, 0.1) is 6.92 Å². The molecule has 2 rings (SSSR count). The minimum atomic E-state index is -2.91. The third-order valence-electron chi connectivity index (χ3n) is 2.53. The Kier molecular flexibility index (Phi) is 3.55. The fraction of sp³-hybridized carbons (Fsp3) is 0.250. The first-order valence-corrected chi connectivity index (χ1v) is 5.44. The zero-order valence-electron chi connectivity index (χ0n) is 10.4. The second-order valence-corrected chi connectivity index (χ2v) is 3.86. The minimum Gasteiger partial charge on any atom is -0.494 e. The highest BCUT2D eigenvalue weighted by Crippen LogP contribution is 2.34. The SMILES string of the molecule is COc1cc(OC(F)F)cc(-n2cnc(C)c2)c1N. The summed E-state index contributed by atoms with van der Waals surface area (Å²) in [5.41, 5.74) is 7.48. The molecule has 0 aliphatic rings. The molecule has 0 aliphatic heterocycles. The molecule has 0 atom stereocenters. The molecule has 1 aromatic carbocycles. The molecule has 0 amide bonds. The number of alkyl halides is 2. The summed E-state index contributed by atoms with van der Waals surface area (Å²) in [6, 6.07) is 2.72. The quantitative estimate of drug-likeness (QED) is 0.865. The highest BCUT2D eigenvalue weighted by molar-refractivity contribution is 5.69. The second-order valence-electron chi connectivity index (χ2n) is 3.86. The Hall–Kier alpha value is -2.31. The van der Waals surface area contributed by atoms with Crippen LogP contribution in [0.5, 0.6) is 11.5 Å². The predicted octanol–water partition coefficient (Wildman–Crippen LogP) is 2.37. The molecule has 0 unspecified atom stereocenters. The number of rotatable bonds is 4. The molecule has 1 heterocycles. The van der Waals surface area contributed by atoms with E-state index < -0.39 is 6.61 Å². The average Bonchev–Trinajstić information content (AvgIpc) is 2.77. The molecular formula is C12H13F2N3O2. The van der Waals surface area contributed by atoms with E-state index in [-0.39, 0.29) is 11.5 Å². The van der Waals surface area contributed by atoms with Gasteiger partial charge in [0.25, 0.3) is 0 Å². The average molecular weight is 269 g/mol. The van der Waals surface area contributed by atoms with E-state index in [2.05, 4.69) is 9.72 Å². The lowest BCUT2D eigenvalue weighted by molar-refractivity contribution is -0.0499. The first kappa shape index (κ1) is 13.1. The second kappa shape index (κ2) is 5.13. The van der Waals surface area contributed by atoms with Gasteiger partial charge in [-0.2, -0.15) is 8.78 Å². The van der Waals surface area contributed by atoms with E-state index in [1.807, 2.05) is 6.92 Å². The Morgan fingerprint density at radius 1 is 1.37 bits per heavy atom. The monoisotopic (exact) mass is 269 g/mol. The fourth-order valence-electron chi connectivity index (χ4n) is 1.69. The van der Waals surface area contributed by atoms with Gasteiger partial charge in [0.1, 0.15) is 11.5 Å². The van der Waals surface area contributed by atoms with Crippen LogP contribution in [0.2, 0.25) is 0 Å². The van der Waals surface area contributed by atoms with E-state index in [0.717, 1.165) is 5.69 Å². The largest absolute Gasteiger partial charge is 0.494 e. The number of aryl methyl sites for hydroxylation is 1. The van der Waals surface area contributed by atoms with Crippen molar-refractivity contribution in [3.05, 3.63) is 30.4 Å². The van der Waals surface area contributed by atoms with E-state index in [4.69, 9.17) is 10.5 Å². The Balaban J connectivity index is 2.52. The molecule has 0 spiro atoms. The van der Waals surface area contributed by atoms with Gasteiger partial charge < -0.3 is 19.8 Å². The Morgan fingerprint density at radius 3 is 2.63 bits per heavy atom. The van der Waals surface area contributed by atoms with Gasteiger partial charge in [0.2, 0.25) is 0 Å². The van der Waals surface area contributed by atoms with Crippen LogP contribution in [0.3, 0.4) is 0 Å². The van der Waals surface area contributed by atoms with E-state index in [0.29, 0.717) is 11.4 Å². The Morgan fingerprint density at radius 2 is 2.11 bits per heavy atom. The molecule has 0 bridgehead atoms. The number of ether oxygens (including phenoxy) is 2. The van der Waals surface area contributed by atoms with Crippen molar-refractivity contribution >= 4 is 5.69 Å². The van der Waals surface area contributed by atoms with Crippen LogP contribution in [0.4, 0.5) is 14.5 Å². The number of hydrogen-bond donors (Lipinski definition) is 1. The smallest absolute Gasteiger partial charge is 0.387 e. The van der Waals surface area contributed by atoms with Gasteiger partial charge in [0, 0.05) is 18.3 Å². The van der Waals surface area contributed by atoms with E-state index >= 15 is 0 Å². The molecule has 2 aromatic rings. The number of aromatic nitrogens is 2. The molecule has 0 fully saturated rings. The van der Waals surface area contributed by atoms with Crippen molar-refractivity contribution in [2.24, 2.45) is 0 Å². The number of anilines is 1. The number of benzene rings is 1. The lowest BCUT2D eigenvalue weighted by atomic mass is 10.2. The summed E-state index contributed by atoms with van der Waals surface area (Å²) < 4.78 is 35.6. The molecule has 0 aliphatic carbocycles. The van der Waals surface area contributed by atoms with Gasteiger partial charge >= 0.3 is 6.61 Å². The maximum Gasteiger partial charge on any atom is 0.387 e. The van der Waals surface area contributed by atoms with Crippen molar-refractivity contribution in [2.75, 3.05) is 12.8 Å². The van der Waals surface area contributed by atoms with Crippen LogP contribution >= 0.6 is 0 Å². The topological polar surface area (TPSA) is 62.3 Å².